The number of carbonyl (C=O) groups is 2. The molecule has 1 atom stereocenters. The Hall–Kier alpha value is -2.87. The average molecular weight is 447 g/mol. The zero-order valence-corrected chi connectivity index (χ0v) is 18.8. The number of anilines is 1. The molecule has 0 bridgehead atoms. The number of hydrogen-bond acceptors (Lipinski definition) is 7. The van der Waals surface area contributed by atoms with Crippen LogP contribution in [0.25, 0.3) is 0 Å². The number of aromatic nitrogens is 2. The third-order valence-electron chi connectivity index (χ3n) is 5.05. The second-order valence-corrected chi connectivity index (χ2v) is 7.84. The molecule has 2 heterocycles. The Morgan fingerprint density at radius 3 is 2.74 bits per heavy atom. The summed E-state index contributed by atoms with van der Waals surface area (Å²) in [5, 5.41) is 0.509. The maximum absolute atomic E-state index is 12.5. The van der Waals surface area contributed by atoms with Gasteiger partial charge < -0.3 is 19.3 Å². The molecule has 0 saturated carbocycles. The summed E-state index contributed by atoms with van der Waals surface area (Å²) < 4.78 is 10.8. The molecule has 1 fully saturated rings. The van der Waals surface area contributed by atoms with Crippen LogP contribution in [-0.4, -0.2) is 59.0 Å². The zero-order valence-electron chi connectivity index (χ0n) is 18.0. The summed E-state index contributed by atoms with van der Waals surface area (Å²) in [6, 6.07) is 7.30. The zero-order chi connectivity index (χ0) is 22.4. The molecule has 166 valence electrons. The van der Waals surface area contributed by atoms with E-state index in [1.54, 1.807) is 24.0 Å². The molecule has 1 aromatic heterocycles. The molecule has 0 aliphatic carbocycles. The maximum atomic E-state index is 12.5. The van der Waals surface area contributed by atoms with Gasteiger partial charge in [0.05, 0.1) is 18.1 Å². The number of halogens is 1. The lowest BCUT2D eigenvalue weighted by atomic mass is 10.1. The number of rotatable bonds is 7. The van der Waals surface area contributed by atoms with E-state index in [0.717, 1.165) is 11.4 Å². The Morgan fingerprint density at radius 2 is 2.00 bits per heavy atom. The summed E-state index contributed by atoms with van der Waals surface area (Å²) in [5.74, 6) is 1.28. The molecule has 1 saturated heterocycles. The minimum atomic E-state index is -0.343. The van der Waals surface area contributed by atoms with Gasteiger partial charge in [-0.1, -0.05) is 17.7 Å². The predicted molar refractivity (Wildman–Crippen MR) is 118 cm³/mol. The third kappa shape index (κ3) is 6.07. The lowest BCUT2D eigenvalue weighted by molar-refractivity contribution is -0.146. The summed E-state index contributed by atoms with van der Waals surface area (Å²) in [6.45, 7) is 7.81. The lowest BCUT2D eigenvalue weighted by Gasteiger charge is -2.40. The fourth-order valence-electron chi connectivity index (χ4n) is 3.48. The van der Waals surface area contributed by atoms with Crippen molar-refractivity contribution in [2.45, 2.75) is 39.7 Å². The van der Waals surface area contributed by atoms with Gasteiger partial charge in [-0.2, -0.15) is 0 Å². The summed E-state index contributed by atoms with van der Waals surface area (Å²) in [4.78, 5) is 36.5. The minimum Gasteiger partial charge on any atom is -0.466 e. The van der Waals surface area contributed by atoms with Crippen molar-refractivity contribution >= 4 is 29.3 Å². The van der Waals surface area contributed by atoms with E-state index >= 15 is 0 Å². The van der Waals surface area contributed by atoms with E-state index in [4.69, 9.17) is 21.1 Å². The normalized spacial score (nSPS) is 16.2. The van der Waals surface area contributed by atoms with Gasteiger partial charge in [0.2, 0.25) is 11.8 Å². The minimum absolute atomic E-state index is 0.0194. The summed E-state index contributed by atoms with van der Waals surface area (Å²) in [6.07, 6.45) is 1.72. The van der Waals surface area contributed by atoms with Crippen LogP contribution in [0, 0.1) is 6.92 Å². The largest absolute Gasteiger partial charge is 0.466 e. The number of piperazine rings is 1. The highest BCUT2D eigenvalue weighted by atomic mass is 35.5. The Kier molecular flexibility index (Phi) is 7.68. The van der Waals surface area contributed by atoms with E-state index in [9.17, 15) is 9.59 Å². The average Bonchev–Trinajstić information content (AvgIpc) is 2.75. The van der Waals surface area contributed by atoms with E-state index in [1.807, 2.05) is 26.0 Å². The van der Waals surface area contributed by atoms with Crippen molar-refractivity contribution < 1.29 is 19.1 Å². The Morgan fingerprint density at radius 1 is 1.19 bits per heavy atom. The molecule has 1 amide bonds. The molecule has 0 unspecified atom stereocenters. The maximum Gasteiger partial charge on any atom is 0.306 e. The number of amides is 1. The first-order valence-corrected chi connectivity index (χ1v) is 10.7. The SMILES string of the molecule is CCOC(=O)CCC(=O)N1CCN(c2cc(Oc3cc(C)ccc3Cl)ncn2)C[C@H]1C. The van der Waals surface area contributed by atoms with Crippen LogP contribution >= 0.6 is 11.6 Å². The van der Waals surface area contributed by atoms with Crippen molar-refractivity contribution in [1.82, 2.24) is 14.9 Å². The van der Waals surface area contributed by atoms with E-state index in [1.165, 1.54) is 6.33 Å². The van der Waals surface area contributed by atoms with Gasteiger partial charge in [0.15, 0.2) is 0 Å². The van der Waals surface area contributed by atoms with Crippen LogP contribution < -0.4 is 9.64 Å². The number of ether oxygens (including phenoxy) is 2. The number of carbonyl (C=O) groups excluding carboxylic acids is 2. The van der Waals surface area contributed by atoms with Gasteiger partial charge in [-0.15, -0.1) is 0 Å². The van der Waals surface area contributed by atoms with Crippen LogP contribution in [0.1, 0.15) is 32.3 Å². The first-order valence-electron chi connectivity index (χ1n) is 10.3. The molecule has 1 aromatic carbocycles. The van der Waals surface area contributed by atoms with E-state index in [0.29, 0.717) is 42.9 Å². The highest BCUT2D eigenvalue weighted by molar-refractivity contribution is 6.32. The molecule has 1 aliphatic heterocycles. The first-order chi connectivity index (χ1) is 14.9. The molecule has 8 nitrogen and oxygen atoms in total. The second kappa shape index (κ2) is 10.4. The number of nitrogens with zero attached hydrogens (tertiary/aromatic N) is 4. The monoisotopic (exact) mass is 446 g/mol. The second-order valence-electron chi connectivity index (χ2n) is 7.44. The van der Waals surface area contributed by atoms with E-state index < -0.39 is 0 Å². The van der Waals surface area contributed by atoms with Crippen LogP contribution in [0.15, 0.2) is 30.6 Å². The van der Waals surface area contributed by atoms with Gasteiger partial charge in [-0.25, -0.2) is 9.97 Å². The molecular weight excluding hydrogens is 420 g/mol. The van der Waals surface area contributed by atoms with Crippen LogP contribution in [0.3, 0.4) is 0 Å². The summed E-state index contributed by atoms with van der Waals surface area (Å²) in [7, 11) is 0. The van der Waals surface area contributed by atoms with E-state index in [-0.39, 0.29) is 30.8 Å². The molecule has 1 aliphatic rings. The fraction of sp³-hybridized carbons (Fsp3) is 0.455. The van der Waals surface area contributed by atoms with Crippen molar-refractivity contribution in [2.24, 2.45) is 0 Å². The molecular formula is C22H27ClN4O4. The molecule has 9 heteroatoms. The smallest absolute Gasteiger partial charge is 0.306 e. The number of aryl methyl sites for hydroxylation is 1. The molecule has 0 N–H and O–H groups in total. The molecule has 0 spiro atoms. The first kappa shape index (κ1) is 22.8. The van der Waals surface area contributed by atoms with Crippen molar-refractivity contribution in [3.05, 3.63) is 41.2 Å². The van der Waals surface area contributed by atoms with Gasteiger partial charge in [-0.05, 0) is 38.5 Å². The molecule has 3 rings (SSSR count). The highest BCUT2D eigenvalue weighted by Gasteiger charge is 2.28. The quantitative estimate of drug-likeness (QED) is 0.600. The molecule has 0 radical (unpaired) electrons. The predicted octanol–water partition coefficient (Wildman–Crippen LogP) is 3.61. The van der Waals surface area contributed by atoms with E-state index in [2.05, 4.69) is 14.9 Å². The Labute approximate surface area is 187 Å². The summed E-state index contributed by atoms with van der Waals surface area (Å²) >= 11 is 6.22. The highest BCUT2D eigenvalue weighted by Crippen LogP contribution is 2.30. The fourth-order valence-corrected chi connectivity index (χ4v) is 3.64. The number of hydrogen-bond donors (Lipinski definition) is 0. The topological polar surface area (TPSA) is 84.9 Å². The van der Waals surface area contributed by atoms with Crippen LogP contribution in [-0.2, 0) is 14.3 Å². The third-order valence-corrected chi connectivity index (χ3v) is 5.36. The van der Waals surface area contributed by atoms with Gasteiger partial charge in [0.25, 0.3) is 0 Å². The number of benzene rings is 1. The van der Waals surface area contributed by atoms with Crippen LogP contribution in [0.5, 0.6) is 11.6 Å². The van der Waals surface area contributed by atoms with Gasteiger partial charge in [0, 0.05) is 38.2 Å². The van der Waals surface area contributed by atoms with Crippen LogP contribution in [0.4, 0.5) is 5.82 Å². The summed E-state index contributed by atoms with van der Waals surface area (Å²) in [5.41, 5.74) is 1.03. The molecule has 31 heavy (non-hydrogen) atoms. The van der Waals surface area contributed by atoms with Crippen molar-refractivity contribution in [3.8, 4) is 11.6 Å². The Bertz CT molecular complexity index is 939. The van der Waals surface area contributed by atoms with Gasteiger partial charge in [0.1, 0.15) is 17.9 Å². The Balaban J connectivity index is 1.61. The van der Waals surface area contributed by atoms with Crippen molar-refractivity contribution in [1.29, 1.82) is 0 Å². The molecule has 2 aromatic rings. The van der Waals surface area contributed by atoms with Gasteiger partial charge in [-0.3, -0.25) is 9.59 Å². The van der Waals surface area contributed by atoms with Crippen molar-refractivity contribution in [2.75, 3.05) is 31.1 Å². The van der Waals surface area contributed by atoms with Crippen molar-refractivity contribution in [3.63, 3.8) is 0 Å². The van der Waals surface area contributed by atoms with Gasteiger partial charge >= 0.3 is 5.97 Å². The lowest BCUT2D eigenvalue weighted by Crippen LogP contribution is -2.54. The number of esters is 1. The standard InChI is InChI=1S/C22H27ClN4O4/c1-4-30-22(29)8-7-21(28)27-10-9-26(13-16(27)3)19-12-20(25-14-24-19)31-18-11-15(2)5-6-17(18)23/h5-6,11-12,14,16H,4,7-10,13H2,1-3H3/t16-/m1/s1. The van der Waals surface area contributed by atoms with Crippen LogP contribution in [0.2, 0.25) is 5.02 Å².